The summed E-state index contributed by atoms with van der Waals surface area (Å²) in [5.74, 6) is -0.137. The molecule has 6 aliphatic rings. The summed E-state index contributed by atoms with van der Waals surface area (Å²) < 4.78 is 168. The Labute approximate surface area is 495 Å². The number of hydrogen-bond donors (Lipinski definition) is 10. The van der Waals surface area contributed by atoms with Gasteiger partial charge in [0.05, 0.1) is 51.7 Å². The molecule has 8 aromatic heterocycles. The third kappa shape index (κ3) is 11.5. The van der Waals surface area contributed by atoms with Crippen LogP contribution in [-0.4, -0.2) is 203 Å². The number of aromatic amines is 2. The van der Waals surface area contributed by atoms with E-state index in [0.717, 1.165) is 56.2 Å². The normalized spacial score (nSPS) is 37.7. The van der Waals surface area contributed by atoms with Crippen LogP contribution in [0.2, 0.25) is 0 Å². The van der Waals surface area contributed by atoms with Gasteiger partial charge >= 0.3 is 31.3 Å². The zero-order valence-electron chi connectivity index (χ0n) is 45.0. The Balaban J connectivity index is 0.000000165. The minimum Gasteiger partial charge on any atom is -0.387 e. The van der Waals surface area contributed by atoms with Crippen LogP contribution in [0.4, 0.5) is 30.8 Å². The molecule has 0 saturated carbocycles. The summed E-state index contributed by atoms with van der Waals surface area (Å²) in [5.41, 5.74) is 15.7. The number of alkyl halides is 3. The van der Waals surface area contributed by atoms with Gasteiger partial charge < -0.3 is 65.8 Å². The third-order valence-corrected chi connectivity index (χ3v) is 18.6. The van der Waals surface area contributed by atoms with Crippen molar-refractivity contribution in [2.45, 2.75) is 105 Å². The van der Waals surface area contributed by atoms with Crippen LogP contribution in [0.25, 0.3) is 44.7 Å². The van der Waals surface area contributed by atoms with Gasteiger partial charge in [-0.1, -0.05) is 0 Å². The number of nitrogen functional groups attached to an aromatic ring is 3. The first-order valence-electron chi connectivity index (χ1n) is 26.0. The Bertz CT molecular complexity index is 4160. The van der Waals surface area contributed by atoms with Crippen LogP contribution in [-0.2, 0) is 73.4 Å². The molecule has 484 valence electrons. The highest BCUT2D eigenvalue weighted by Gasteiger charge is 2.57. The van der Waals surface area contributed by atoms with Gasteiger partial charge in [0.15, 0.2) is 88.7 Å². The van der Waals surface area contributed by atoms with E-state index in [1.54, 1.807) is 0 Å². The molecule has 0 spiro atoms. The summed E-state index contributed by atoms with van der Waals surface area (Å²) in [6, 6.07) is 0. The van der Waals surface area contributed by atoms with Crippen LogP contribution in [0, 0.1) is 6.92 Å². The average molecular weight is 1350 g/mol. The molecular formula is C41H46F3N19O23P4. The first-order chi connectivity index (χ1) is 42.6. The Morgan fingerprint density at radius 2 is 0.856 bits per heavy atom. The summed E-state index contributed by atoms with van der Waals surface area (Å²) in [4.78, 5) is 111. The maximum Gasteiger partial charge on any atom is 0.472 e. The number of H-pyrrole nitrogens is 2. The number of halogens is 3. The first-order valence-corrected chi connectivity index (χ1v) is 32.0. The van der Waals surface area contributed by atoms with Gasteiger partial charge in [-0.3, -0.25) is 69.0 Å². The Kier molecular flexibility index (Phi) is 15.9. The van der Waals surface area contributed by atoms with Gasteiger partial charge in [0.25, 0.3) is 11.1 Å². The molecule has 6 fully saturated rings. The minimum atomic E-state index is -5.21. The van der Waals surface area contributed by atoms with E-state index in [0.29, 0.717) is 0 Å². The lowest BCUT2D eigenvalue weighted by molar-refractivity contribution is -0.0671. The van der Waals surface area contributed by atoms with Crippen molar-refractivity contribution in [3.05, 3.63) is 64.5 Å². The molecule has 6 aliphatic heterocycles. The summed E-state index contributed by atoms with van der Waals surface area (Å²) in [5, 5.41) is 11.0. The number of nitrogens with one attached hydrogen (secondary N) is 2. The lowest BCUT2D eigenvalue weighted by atomic mass is 10.1. The molecule has 13 N–H and O–H groups in total. The third-order valence-electron chi connectivity index (χ3n) is 14.6. The van der Waals surface area contributed by atoms with Crippen LogP contribution < -0.4 is 28.3 Å². The largest absolute Gasteiger partial charge is 0.472 e. The highest BCUT2D eigenvalue weighted by molar-refractivity contribution is 7.48. The van der Waals surface area contributed by atoms with E-state index >= 15 is 13.2 Å². The Morgan fingerprint density at radius 3 is 1.36 bits per heavy atom. The molecule has 20 atom stereocenters. The molecule has 4 unspecified atom stereocenters. The SMILES string of the molecule is Cc1nc2c(ncn2[C@@H]2O[C@@H]3COP(=O)(O)O[C@H]4[C@@H](F)[C@H](n5cnc6c(N)ncnc65)O[C@@H]4COP(=O)(O)O[C@@H]2[C@@H]3F)c(=O)[nH]1.Nc1nc2c(ncn2[C@@H]2O[C@@H]3COP(=O)(O)O[C@H]4[C@@H](F)[C@H](n5cnc6c(N)ncnc65)O[C@@H]4COP(=O)(O)O[C@@H]2[C@@H]3O)c(=O)[nH]1. The smallest absolute Gasteiger partial charge is 0.387 e. The van der Waals surface area contributed by atoms with Gasteiger partial charge in [0.2, 0.25) is 5.95 Å². The topological polar surface area (TPSA) is 573 Å². The zero-order chi connectivity index (χ0) is 63.7. The molecule has 49 heteroatoms. The monoisotopic (exact) mass is 1350 g/mol. The molecule has 90 heavy (non-hydrogen) atoms. The van der Waals surface area contributed by atoms with Crippen LogP contribution in [0.1, 0.15) is 30.7 Å². The van der Waals surface area contributed by atoms with Crippen molar-refractivity contribution in [1.82, 2.24) is 78.1 Å². The van der Waals surface area contributed by atoms with Gasteiger partial charge in [0, 0.05) is 0 Å². The fourth-order valence-electron chi connectivity index (χ4n) is 10.6. The maximum absolute atomic E-state index is 15.9. The fourth-order valence-corrected chi connectivity index (χ4v) is 14.4. The number of aryl methyl sites for hydroxylation is 1. The van der Waals surface area contributed by atoms with Crippen LogP contribution in [0.15, 0.2) is 47.6 Å². The number of nitrogens with zero attached hydrogens (tertiary/aromatic N) is 14. The Morgan fingerprint density at radius 1 is 0.478 bits per heavy atom. The molecule has 4 bridgehead atoms. The molecule has 0 aromatic carbocycles. The summed E-state index contributed by atoms with van der Waals surface area (Å²) in [6.07, 6.45) is -22.0. The van der Waals surface area contributed by atoms with Gasteiger partial charge in [-0.05, 0) is 6.92 Å². The standard InChI is InChI=1S/C21H23F2N9O11P2.C20H23FN10O12P2/c1-7-29-18-13(19(33)30-7)28-6-32(18)21-15-10(22)8(40-21)2-38-44(34,35)42-14-9(3-39-45(36,37)43-15)41-20(11(14)23)31-5-27-12-16(24)25-4-26-17(12)31;21-8-12-7(41-18(8)30-4-26-9-14(22)24-3-25-15(9)30)2-39-45(36,37)43-13-11(32)6(1-38-44(34,35)42-12)40-19(13)31-5-27-10-16(31)28-20(23)29-17(10)33/h4-6,8-11,14-15,20-21H,2-3H2,1H3,(H,34,35)(H,36,37)(H2,24,25,26)(H,29,30,33);3-8,11-13,18-19,32H,1-2H2,(H,34,35)(H,36,37)(H2,22,24,25)(H3,23,28,29,33)/t8-,9-,10-,11-,14-,15-,20-,21-;6-,7-,8-,11-,12-,13-,18-,19-/m11/s1. The van der Waals surface area contributed by atoms with Crippen molar-refractivity contribution in [3.63, 3.8) is 0 Å². The molecular weight excluding hydrogens is 1310 g/mol. The molecule has 8 aromatic rings. The van der Waals surface area contributed by atoms with Gasteiger partial charge in [-0.25, -0.2) is 76.3 Å². The Hall–Kier alpha value is -6.77. The predicted octanol–water partition coefficient (Wildman–Crippen LogP) is -1.03. The minimum absolute atomic E-state index is 0.00648. The van der Waals surface area contributed by atoms with Gasteiger partial charge in [-0.2, -0.15) is 4.98 Å². The van der Waals surface area contributed by atoms with Crippen molar-refractivity contribution in [2.75, 3.05) is 43.6 Å². The lowest BCUT2D eigenvalue weighted by Gasteiger charge is -2.25. The van der Waals surface area contributed by atoms with E-state index in [1.807, 2.05) is 0 Å². The summed E-state index contributed by atoms with van der Waals surface area (Å²) >= 11 is 0. The number of hydrogen-bond acceptors (Lipinski definition) is 32. The molecule has 0 radical (unpaired) electrons. The summed E-state index contributed by atoms with van der Waals surface area (Å²) in [7, 11) is -20.7. The number of aliphatic hydroxyl groups excluding tert-OH is 1. The molecule has 42 nitrogen and oxygen atoms in total. The number of nitrogens with two attached hydrogens (primary N) is 3. The van der Waals surface area contributed by atoms with Gasteiger partial charge in [-0.15, -0.1) is 0 Å². The number of aliphatic hydroxyl groups is 1. The fraction of sp³-hybridized carbons (Fsp3) is 0.512. The number of phosphoric acid groups is 4. The summed E-state index contributed by atoms with van der Waals surface area (Å²) in [6.45, 7) is -2.19. The number of ether oxygens (including phenoxy) is 4. The quantitative estimate of drug-likeness (QED) is 0.0942. The van der Waals surface area contributed by atoms with Crippen molar-refractivity contribution in [2.24, 2.45) is 0 Å². The van der Waals surface area contributed by atoms with Crippen LogP contribution in [0.3, 0.4) is 0 Å². The highest BCUT2D eigenvalue weighted by Crippen LogP contribution is 2.57. The van der Waals surface area contributed by atoms with E-state index in [2.05, 4.69) is 59.8 Å². The van der Waals surface area contributed by atoms with Crippen molar-refractivity contribution in [3.8, 4) is 0 Å². The number of anilines is 3. The van der Waals surface area contributed by atoms with Crippen molar-refractivity contribution >= 4 is 93.5 Å². The second-order valence-electron chi connectivity index (χ2n) is 20.3. The average Bonchev–Trinajstić information content (AvgIpc) is 1.81. The number of imidazole rings is 4. The van der Waals surface area contributed by atoms with E-state index in [-0.39, 0.29) is 68.1 Å². The van der Waals surface area contributed by atoms with E-state index in [9.17, 15) is 52.5 Å². The van der Waals surface area contributed by atoms with Crippen LogP contribution >= 0.6 is 31.3 Å². The molecule has 0 amide bonds. The molecule has 6 saturated heterocycles. The number of phosphoric ester groups is 4. The molecule has 14 rings (SSSR count). The van der Waals surface area contributed by atoms with E-state index in [1.165, 1.54) is 6.92 Å². The van der Waals surface area contributed by atoms with Crippen LogP contribution in [0.5, 0.6) is 0 Å². The van der Waals surface area contributed by atoms with Crippen molar-refractivity contribution < 1.29 is 111 Å². The first kappa shape index (κ1) is 62.1. The maximum atomic E-state index is 15.9. The van der Waals surface area contributed by atoms with Crippen molar-refractivity contribution in [1.29, 1.82) is 0 Å². The number of aromatic nitrogens is 16. The van der Waals surface area contributed by atoms with E-state index < -0.39 is 167 Å². The molecule has 14 heterocycles. The zero-order valence-corrected chi connectivity index (χ0v) is 48.6. The van der Waals surface area contributed by atoms with E-state index in [4.69, 9.17) is 72.3 Å². The number of fused-ring (bicyclic) bond motifs is 10. The predicted molar refractivity (Wildman–Crippen MR) is 284 cm³/mol. The number of rotatable bonds is 4. The molecule has 0 aliphatic carbocycles. The second-order valence-corrected chi connectivity index (χ2v) is 26.0. The van der Waals surface area contributed by atoms with Gasteiger partial charge in [0.1, 0.15) is 84.4 Å². The lowest BCUT2D eigenvalue weighted by Crippen LogP contribution is -2.35. The highest BCUT2D eigenvalue weighted by atomic mass is 31.2. The second kappa shape index (κ2) is 23.1.